The summed E-state index contributed by atoms with van der Waals surface area (Å²) in [4.78, 5) is 17.1. The van der Waals surface area contributed by atoms with Crippen molar-refractivity contribution in [3.8, 4) is 0 Å². The van der Waals surface area contributed by atoms with Crippen LogP contribution in [-0.2, 0) is 4.79 Å². The van der Waals surface area contributed by atoms with Crippen LogP contribution in [0.15, 0.2) is 0 Å². The van der Waals surface area contributed by atoms with Gasteiger partial charge in [0.15, 0.2) is 0 Å². The second-order valence-corrected chi connectivity index (χ2v) is 7.77. The van der Waals surface area contributed by atoms with E-state index in [4.69, 9.17) is 0 Å². The Hall–Kier alpha value is -0.610. The zero-order valence-electron chi connectivity index (χ0n) is 15.3. The van der Waals surface area contributed by atoms with E-state index in [0.717, 1.165) is 45.4 Å². The number of piperazine rings is 1. The maximum absolute atomic E-state index is 12.5. The standard InChI is InChI=1S/C18H37N3O/c1-5-6-12-21(17(22)16-18(2,3)4)13-8-7-11-20-14-9-19-10-15-20/h19H,5-16H2,1-4H3. The summed E-state index contributed by atoms with van der Waals surface area (Å²) in [6.07, 6.45) is 5.26. The van der Waals surface area contributed by atoms with Crippen LogP contribution in [0.2, 0.25) is 0 Å². The molecule has 1 fully saturated rings. The van der Waals surface area contributed by atoms with Crippen molar-refractivity contribution in [2.75, 3.05) is 45.8 Å². The predicted molar refractivity (Wildman–Crippen MR) is 94.1 cm³/mol. The number of carbonyl (C=O) groups excluding carboxylic acids is 1. The molecule has 0 saturated carbocycles. The number of hydrogen-bond acceptors (Lipinski definition) is 3. The summed E-state index contributed by atoms with van der Waals surface area (Å²) in [7, 11) is 0. The quantitative estimate of drug-likeness (QED) is 0.665. The van der Waals surface area contributed by atoms with Crippen LogP contribution in [0.4, 0.5) is 0 Å². The van der Waals surface area contributed by atoms with Gasteiger partial charge in [0, 0.05) is 45.7 Å². The topological polar surface area (TPSA) is 35.6 Å². The molecule has 0 radical (unpaired) electrons. The van der Waals surface area contributed by atoms with E-state index in [-0.39, 0.29) is 5.41 Å². The number of rotatable bonds is 9. The lowest BCUT2D eigenvalue weighted by atomic mass is 9.91. The molecule has 4 nitrogen and oxygen atoms in total. The molecule has 22 heavy (non-hydrogen) atoms. The van der Waals surface area contributed by atoms with Crippen molar-refractivity contribution in [2.45, 2.75) is 59.8 Å². The summed E-state index contributed by atoms with van der Waals surface area (Å²) in [6, 6.07) is 0. The summed E-state index contributed by atoms with van der Waals surface area (Å²) in [5.74, 6) is 0.336. The molecule has 1 aliphatic rings. The van der Waals surface area contributed by atoms with Crippen molar-refractivity contribution in [3.63, 3.8) is 0 Å². The molecule has 1 saturated heterocycles. The fourth-order valence-electron chi connectivity index (χ4n) is 2.85. The first-order valence-electron chi connectivity index (χ1n) is 9.13. The third-order valence-corrected chi connectivity index (χ3v) is 4.18. The molecule has 4 heteroatoms. The van der Waals surface area contributed by atoms with Crippen molar-refractivity contribution in [1.82, 2.24) is 15.1 Å². The second kappa shape index (κ2) is 10.2. The Morgan fingerprint density at radius 3 is 2.32 bits per heavy atom. The highest BCUT2D eigenvalue weighted by molar-refractivity contribution is 5.76. The lowest BCUT2D eigenvalue weighted by Gasteiger charge is -2.29. The molecule has 0 bridgehead atoms. The Bertz CT molecular complexity index is 306. The first kappa shape index (κ1) is 19.4. The van der Waals surface area contributed by atoms with Gasteiger partial charge in [-0.1, -0.05) is 34.1 Å². The van der Waals surface area contributed by atoms with Crippen molar-refractivity contribution in [2.24, 2.45) is 5.41 Å². The van der Waals surface area contributed by atoms with E-state index in [1.54, 1.807) is 0 Å². The van der Waals surface area contributed by atoms with Crippen LogP contribution in [0.1, 0.15) is 59.8 Å². The Morgan fingerprint density at radius 1 is 1.09 bits per heavy atom. The molecule has 1 aliphatic heterocycles. The van der Waals surface area contributed by atoms with Crippen LogP contribution in [0.5, 0.6) is 0 Å². The molecular weight excluding hydrogens is 274 g/mol. The third kappa shape index (κ3) is 8.74. The molecule has 0 spiro atoms. The molecule has 0 aromatic carbocycles. The number of amides is 1. The van der Waals surface area contributed by atoms with E-state index in [0.29, 0.717) is 12.3 Å². The van der Waals surface area contributed by atoms with Gasteiger partial charge in [-0.2, -0.15) is 0 Å². The SMILES string of the molecule is CCCCN(CCCCN1CCNCC1)C(=O)CC(C)(C)C. The third-order valence-electron chi connectivity index (χ3n) is 4.18. The number of unbranched alkanes of at least 4 members (excludes halogenated alkanes) is 2. The number of nitrogens with zero attached hydrogens (tertiary/aromatic N) is 2. The average molecular weight is 312 g/mol. The fraction of sp³-hybridized carbons (Fsp3) is 0.944. The van der Waals surface area contributed by atoms with Crippen LogP contribution in [0.3, 0.4) is 0 Å². The molecule has 1 heterocycles. The van der Waals surface area contributed by atoms with Gasteiger partial charge >= 0.3 is 0 Å². The van der Waals surface area contributed by atoms with E-state index < -0.39 is 0 Å². The van der Waals surface area contributed by atoms with Crippen LogP contribution >= 0.6 is 0 Å². The van der Waals surface area contributed by atoms with Gasteiger partial charge in [-0.05, 0) is 31.2 Å². The van der Waals surface area contributed by atoms with E-state index in [9.17, 15) is 4.79 Å². The van der Waals surface area contributed by atoms with Crippen LogP contribution in [0, 0.1) is 5.41 Å². The van der Waals surface area contributed by atoms with E-state index in [2.05, 4.69) is 42.8 Å². The zero-order chi connectivity index (χ0) is 16.4. The van der Waals surface area contributed by atoms with Crippen LogP contribution in [-0.4, -0.2) is 61.5 Å². The first-order valence-corrected chi connectivity index (χ1v) is 9.13. The highest BCUT2D eigenvalue weighted by Gasteiger charge is 2.20. The molecule has 130 valence electrons. The van der Waals surface area contributed by atoms with Crippen LogP contribution in [0.25, 0.3) is 0 Å². The molecule has 1 rings (SSSR count). The molecule has 0 aliphatic carbocycles. The average Bonchev–Trinajstić information content (AvgIpc) is 2.45. The van der Waals surface area contributed by atoms with Gasteiger partial charge in [0.1, 0.15) is 0 Å². The number of carbonyl (C=O) groups is 1. The highest BCUT2D eigenvalue weighted by Crippen LogP contribution is 2.20. The molecular formula is C18H37N3O. The summed E-state index contributed by atoms with van der Waals surface area (Å²) in [6.45, 7) is 16.2. The smallest absolute Gasteiger partial charge is 0.223 e. The van der Waals surface area contributed by atoms with Gasteiger partial charge in [0.25, 0.3) is 0 Å². The highest BCUT2D eigenvalue weighted by atomic mass is 16.2. The van der Waals surface area contributed by atoms with Gasteiger partial charge in [-0.25, -0.2) is 0 Å². The Kier molecular flexibility index (Phi) is 9.03. The fourth-order valence-corrected chi connectivity index (χ4v) is 2.85. The Labute approximate surface area is 137 Å². The van der Waals surface area contributed by atoms with Crippen LogP contribution < -0.4 is 5.32 Å². The normalized spacial score (nSPS) is 16.7. The lowest BCUT2D eigenvalue weighted by molar-refractivity contribution is -0.133. The zero-order valence-corrected chi connectivity index (χ0v) is 15.3. The second-order valence-electron chi connectivity index (χ2n) is 7.77. The maximum Gasteiger partial charge on any atom is 0.223 e. The van der Waals surface area contributed by atoms with E-state index in [1.165, 1.54) is 26.1 Å². The summed E-state index contributed by atoms with van der Waals surface area (Å²) in [5, 5.41) is 3.39. The van der Waals surface area contributed by atoms with Crippen molar-refractivity contribution < 1.29 is 4.79 Å². The van der Waals surface area contributed by atoms with Gasteiger partial charge in [-0.3, -0.25) is 4.79 Å². The molecule has 0 unspecified atom stereocenters. The maximum atomic E-state index is 12.5. The molecule has 1 N–H and O–H groups in total. The van der Waals surface area contributed by atoms with Gasteiger partial charge < -0.3 is 15.1 Å². The number of hydrogen-bond donors (Lipinski definition) is 1. The van der Waals surface area contributed by atoms with Crippen molar-refractivity contribution >= 4 is 5.91 Å². The largest absolute Gasteiger partial charge is 0.343 e. The van der Waals surface area contributed by atoms with Gasteiger partial charge in [0.2, 0.25) is 5.91 Å². The molecule has 0 aromatic heterocycles. The Balaban J connectivity index is 2.29. The predicted octanol–water partition coefficient (Wildman–Crippen LogP) is 2.74. The summed E-state index contributed by atoms with van der Waals surface area (Å²) in [5.41, 5.74) is 0.0857. The minimum absolute atomic E-state index is 0.0857. The summed E-state index contributed by atoms with van der Waals surface area (Å²) >= 11 is 0. The van der Waals surface area contributed by atoms with Gasteiger partial charge in [0.05, 0.1) is 0 Å². The minimum Gasteiger partial charge on any atom is -0.343 e. The van der Waals surface area contributed by atoms with E-state index >= 15 is 0 Å². The monoisotopic (exact) mass is 311 g/mol. The van der Waals surface area contributed by atoms with Crippen molar-refractivity contribution in [1.29, 1.82) is 0 Å². The molecule has 1 amide bonds. The van der Waals surface area contributed by atoms with Crippen molar-refractivity contribution in [3.05, 3.63) is 0 Å². The van der Waals surface area contributed by atoms with Gasteiger partial charge in [-0.15, -0.1) is 0 Å². The summed E-state index contributed by atoms with van der Waals surface area (Å²) < 4.78 is 0. The molecule has 0 aromatic rings. The Morgan fingerprint density at radius 2 is 1.73 bits per heavy atom. The molecule has 0 atom stereocenters. The minimum atomic E-state index is 0.0857. The van der Waals surface area contributed by atoms with E-state index in [1.807, 2.05) is 0 Å². The number of nitrogens with one attached hydrogen (secondary N) is 1. The lowest BCUT2D eigenvalue weighted by Crippen LogP contribution is -2.43. The first-order chi connectivity index (χ1) is 10.4.